The van der Waals surface area contributed by atoms with Gasteiger partial charge >= 0.3 is 118 Å². The van der Waals surface area contributed by atoms with Crippen LogP contribution in [-0.4, -0.2) is 173 Å². The summed E-state index contributed by atoms with van der Waals surface area (Å²) in [5.74, 6) is 10.8. The molecule has 140 heavy (non-hydrogen) atoms. The molecule has 4 atom stereocenters. The fourth-order valence-electron chi connectivity index (χ4n) is 12.7. The second-order valence-electron chi connectivity index (χ2n) is 30.5. The fraction of sp³-hybridized carbons (Fsp3) is 0.407. The molecule has 0 aliphatic heterocycles. The predicted molar refractivity (Wildman–Crippen MR) is 552 cm³/mol. The number of hydrogen-bond acceptors (Lipinski definition) is 27. The Morgan fingerprint density at radius 3 is 0.579 bits per heavy atom. The molecule has 9 aromatic carbocycles. The first-order chi connectivity index (χ1) is 65.6. The number of benzene rings is 9. The summed E-state index contributed by atoms with van der Waals surface area (Å²) in [7, 11) is 13.0. The first-order valence-electron chi connectivity index (χ1n) is 45.8. The molecule has 9 aromatic rings. The third-order valence-electron chi connectivity index (χ3n) is 20.5. The second kappa shape index (κ2) is 70.8. The van der Waals surface area contributed by atoms with Crippen LogP contribution in [0.1, 0.15) is 213 Å². The van der Waals surface area contributed by atoms with E-state index in [1.165, 1.54) is 28.4 Å². The maximum absolute atomic E-state index is 12.5. The molecule has 9 rings (SSSR count). The summed E-state index contributed by atoms with van der Waals surface area (Å²) < 4.78 is 147. The van der Waals surface area contributed by atoms with E-state index in [-0.39, 0.29) is 152 Å². The third kappa shape index (κ3) is 42.6. The molecule has 0 aromatic heterocycles. The van der Waals surface area contributed by atoms with Crippen LogP contribution in [0.4, 0.5) is 0 Å². The Labute approximate surface area is 917 Å². The van der Waals surface area contributed by atoms with Crippen LogP contribution < -0.4 is 188 Å². The van der Waals surface area contributed by atoms with Gasteiger partial charge in [0.05, 0.1) is 162 Å². The number of ether oxygens (including phenoxy) is 18. The van der Waals surface area contributed by atoms with Crippen molar-refractivity contribution in [3.63, 3.8) is 0 Å². The van der Waals surface area contributed by atoms with Crippen molar-refractivity contribution in [1.82, 2.24) is 0 Å². The van der Waals surface area contributed by atoms with E-state index in [1.54, 1.807) is 109 Å². The van der Waals surface area contributed by atoms with E-state index in [0.29, 0.717) is 154 Å². The van der Waals surface area contributed by atoms with Gasteiger partial charge in [0.15, 0.2) is 69.0 Å². The molecule has 760 valence electrons. The molecule has 0 aliphatic carbocycles. The molecule has 0 aliphatic rings. The smallest absolute Gasteiger partial charge is 1.00 e. The summed E-state index contributed by atoms with van der Waals surface area (Å²) in [6.07, 6.45) is 23.8. The average molecular weight is 2030 g/mol. The third-order valence-corrected chi connectivity index (χ3v) is 24.6. The molecular formula is C108H148K2O28P2. The minimum atomic E-state index is -3.12. The van der Waals surface area contributed by atoms with Gasteiger partial charge in [-0.05, 0) is 222 Å². The summed E-state index contributed by atoms with van der Waals surface area (Å²) in [4.78, 5) is 21.5. The maximum atomic E-state index is 12.5. The van der Waals surface area contributed by atoms with Gasteiger partial charge in [0.2, 0.25) is 34.5 Å². The quantitative estimate of drug-likeness (QED) is 0.0148. The summed E-state index contributed by atoms with van der Waals surface area (Å²) >= 11 is 0. The minimum absolute atomic E-state index is 0. The van der Waals surface area contributed by atoms with Crippen molar-refractivity contribution in [2.75, 3.05) is 125 Å². The van der Waals surface area contributed by atoms with Crippen LogP contribution in [0.25, 0.3) is 48.6 Å². The Bertz CT molecular complexity index is 5000. The van der Waals surface area contributed by atoms with E-state index in [0.717, 1.165) is 107 Å². The Morgan fingerprint density at radius 2 is 0.429 bits per heavy atom. The number of carbonyl (C=O) groups excluding carboxylic acids is 2. The standard InChI is InChI=1S/C34H42O6.C33H40O6.C16H28O6P2.C13H18O4.C12H16O4.2K.2H2O.H/c1-9-23(3)39-33-29(35-5)19-27(20-30(33)36-6)17-15-25-11-13-26(14-12-25)16-18-28-21-31(37-7)34(32(22-28)38-8)40-24(4)10-2;1-8-18-38-32-28(34-4)19-26(20-29(32)35-5)16-14-24-10-12-25(13-11-24)15-17-27-21-30(36-6)33(31(22-27)37-7)39-23(3)9-2;1-5-19-23(17,20-6-2)13-15-9-11-16(12-10-15)14-24(18,21-7-3)22-8-4;1-5-9(2)17-13-11(15-3)6-10(8-14)7-12(13)16-4;1-4-5-16-12-10(14-2)6-9(8-13)7-11(12)15-3;;;;;/h11-24H,9-10H2,1-8H3;10-17,19-23H,8-9,18H2,1-7H3;9-12H,5-8,13-14H2,1-4H3;6-9H,5H2,1-4H3;6-8H,4-5H2,1-3H3;;;2*1H2;/q;;;;;2*+1;;;-1/p-1/b17-15+,18-16+;16-14+,17-15+;;;;;;;;. The molecule has 0 radical (unpaired) electrons. The SMILES string of the molecule is CCC(C)Oc1c(OC)cc(/C=C/c2ccc(/C=C/c3cc(OC)c(OC(C)CC)c(OC)c3)cc2)cc1OC.CCC(C)Oc1c(OC)cc(C=O)cc1OC.CCCOc1c(OC)cc(/C=C/c2ccc(/C=C/c3cc(OC)c(OC(C)CC)c(OC)c3)cc2)cc1OC.CCCOc1c(OC)cc(C=O)cc1OC.CCOP(=O)(Cc1ccc(CP(=O)(OCC)OCC)cc1)OCC.O.[H-].[K+].[K+].[OH-]. The first kappa shape index (κ1) is 129. The first-order valence-corrected chi connectivity index (χ1v) is 49.2. The number of rotatable bonds is 52. The molecule has 28 nitrogen and oxygen atoms in total. The summed E-state index contributed by atoms with van der Waals surface area (Å²) in [5.41, 5.74) is 10.8. The normalized spacial score (nSPS) is 11.7. The van der Waals surface area contributed by atoms with Crippen molar-refractivity contribution < 1.29 is 237 Å². The molecule has 0 saturated carbocycles. The van der Waals surface area contributed by atoms with E-state index < -0.39 is 15.2 Å². The Kier molecular flexibility index (Phi) is 65.3. The fourth-order valence-corrected chi connectivity index (χ4v) is 16.1. The Morgan fingerprint density at radius 1 is 0.264 bits per heavy atom. The van der Waals surface area contributed by atoms with Crippen LogP contribution in [0.5, 0.6) is 103 Å². The molecule has 32 heteroatoms. The molecule has 0 bridgehead atoms. The zero-order valence-corrected chi connectivity index (χ0v) is 95.3. The van der Waals surface area contributed by atoms with Gasteiger partial charge in [-0.2, -0.15) is 0 Å². The van der Waals surface area contributed by atoms with Crippen LogP contribution in [0.3, 0.4) is 0 Å². The van der Waals surface area contributed by atoms with Crippen molar-refractivity contribution in [1.29, 1.82) is 0 Å². The summed E-state index contributed by atoms with van der Waals surface area (Å²) in [5, 5.41) is 0. The van der Waals surface area contributed by atoms with E-state index in [4.69, 9.17) is 103 Å². The van der Waals surface area contributed by atoms with E-state index in [2.05, 4.69) is 101 Å². The summed E-state index contributed by atoms with van der Waals surface area (Å²) in [6, 6.07) is 46.1. The van der Waals surface area contributed by atoms with Crippen molar-refractivity contribution in [3.05, 3.63) is 212 Å². The van der Waals surface area contributed by atoms with E-state index >= 15 is 0 Å². The van der Waals surface area contributed by atoms with Gasteiger partial charge in [0.25, 0.3) is 0 Å². The molecule has 4 unspecified atom stereocenters. The minimum Gasteiger partial charge on any atom is -1.00 e. The number of methoxy groups -OCH3 is 12. The predicted octanol–water partition coefficient (Wildman–Crippen LogP) is 19.8. The molecule has 0 amide bonds. The molecule has 3 N–H and O–H groups in total. The molecular weight excluding hydrogens is 1890 g/mol. The van der Waals surface area contributed by atoms with Crippen LogP contribution in [0.2, 0.25) is 0 Å². The monoisotopic (exact) mass is 2030 g/mol. The average Bonchev–Trinajstić information content (AvgIpc) is 0.828. The van der Waals surface area contributed by atoms with Crippen molar-refractivity contribution in [2.24, 2.45) is 0 Å². The van der Waals surface area contributed by atoms with Crippen molar-refractivity contribution in [2.45, 2.75) is 172 Å². The summed E-state index contributed by atoms with van der Waals surface area (Å²) in [6.45, 7) is 30.0. The number of aldehydes is 2. The molecule has 0 fully saturated rings. The Balaban J connectivity index is 0.00000180. The van der Waals surface area contributed by atoms with Crippen LogP contribution >= 0.6 is 15.2 Å². The van der Waals surface area contributed by atoms with Gasteiger partial charge in [0.1, 0.15) is 12.6 Å². The van der Waals surface area contributed by atoms with Gasteiger partial charge in [-0.1, -0.05) is 163 Å². The van der Waals surface area contributed by atoms with E-state index in [9.17, 15) is 18.7 Å². The topological polar surface area (TPSA) is 333 Å². The van der Waals surface area contributed by atoms with Crippen molar-refractivity contribution >= 4 is 76.4 Å². The van der Waals surface area contributed by atoms with Crippen molar-refractivity contribution in [3.8, 4) is 103 Å². The van der Waals surface area contributed by atoms with Crippen LogP contribution in [0, 0.1) is 0 Å². The van der Waals surface area contributed by atoms with Gasteiger partial charge in [0, 0.05) is 11.1 Å². The van der Waals surface area contributed by atoms with Crippen LogP contribution in [0.15, 0.2) is 146 Å². The molecule has 0 spiro atoms. The molecule has 0 saturated heterocycles. The van der Waals surface area contributed by atoms with E-state index in [1.807, 2.05) is 139 Å². The zero-order chi connectivity index (χ0) is 100. The van der Waals surface area contributed by atoms with Gasteiger partial charge in [-0.3, -0.25) is 18.7 Å². The second-order valence-corrected chi connectivity index (χ2v) is 34.6. The van der Waals surface area contributed by atoms with Gasteiger partial charge < -0.3 is 116 Å². The number of hydrogen-bond donors (Lipinski definition) is 0. The van der Waals surface area contributed by atoms with Gasteiger partial charge in [-0.25, -0.2) is 0 Å². The maximum Gasteiger partial charge on any atom is 1.00 e. The molecule has 0 heterocycles. The van der Waals surface area contributed by atoms with Crippen LogP contribution in [-0.2, 0) is 39.5 Å². The zero-order valence-electron chi connectivity index (χ0n) is 88.3. The van der Waals surface area contributed by atoms with Gasteiger partial charge in [-0.15, -0.1) is 0 Å². The Hall–Kier alpha value is -8.83. The largest absolute Gasteiger partial charge is 1.00 e. The number of carbonyl (C=O) groups is 2.